The van der Waals surface area contributed by atoms with E-state index in [0.29, 0.717) is 10.4 Å². The number of hydrogen-bond donors (Lipinski definition) is 0. The quantitative estimate of drug-likeness (QED) is 0.695. The van der Waals surface area contributed by atoms with E-state index in [1.165, 1.54) is 20.8 Å². The Kier molecular flexibility index (Phi) is 3.47. The van der Waals surface area contributed by atoms with Crippen LogP contribution in [0.15, 0.2) is 35.4 Å². The molecule has 0 bridgehead atoms. The van der Waals surface area contributed by atoms with Crippen LogP contribution in [0.25, 0.3) is 5.52 Å². The van der Waals surface area contributed by atoms with Crippen LogP contribution in [0.5, 0.6) is 0 Å². The van der Waals surface area contributed by atoms with Gasteiger partial charge in [-0.05, 0) is 31.5 Å². The fraction of sp³-hybridized carbons (Fsp3) is 0.267. The molecule has 3 heterocycles. The summed E-state index contributed by atoms with van der Waals surface area (Å²) in [6.45, 7) is 3.95. The second kappa shape index (κ2) is 5.29. The molecule has 0 fully saturated rings. The van der Waals surface area contributed by atoms with Crippen molar-refractivity contribution >= 4 is 22.6 Å². The molecule has 0 atom stereocenters. The van der Waals surface area contributed by atoms with Crippen molar-refractivity contribution in [3.8, 4) is 0 Å². The smallest absolute Gasteiger partial charge is 0.276 e. The van der Waals surface area contributed by atoms with Gasteiger partial charge in [-0.15, -0.1) is 11.3 Å². The van der Waals surface area contributed by atoms with E-state index in [9.17, 15) is 9.59 Å². The van der Waals surface area contributed by atoms with E-state index in [1.54, 1.807) is 23.0 Å². The first-order valence-electron chi connectivity index (χ1n) is 6.76. The van der Waals surface area contributed by atoms with E-state index in [0.717, 1.165) is 12.1 Å². The van der Waals surface area contributed by atoms with Gasteiger partial charge >= 0.3 is 0 Å². The number of thiophene rings is 1. The van der Waals surface area contributed by atoms with Crippen molar-refractivity contribution in [3.63, 3.8) is 0 Å². The Labute approximate surface area is 125 Å². The van der Waals surface area contributed by atoms with Gasteiger partial charge in [0.05, 0.1) is 17.1 Å². The normalized spacial score (nSPS) is 11.1. The number of ketones is 1. The topological polar surface area (TPSA) is 56.4 Å². The number of nitrogens with zero attached hydrogens (tertiary/aromatic N) is 3. The van der Waals surface area contributed by atoms with Gasteiger partial charge in [0.1, 0.15) is 5.52 Å². The van der Waals surface area contributed by atoms with Gasteiger partial charge in [0.25, 0.3) is 5.56 Å². The molecule has 0 aromatic carbocycles. The van der Waals surface area contributed by atoms with Gasteiger partial charge in [0.2, 0.25) is 0 Å². The predicted molar refractivity (Wildman–Crippen MR) is 82.2 cm³/mol. The van der Waals surface area contributed by atoms with Gasteiger partial charge in [-0.2, -0.15) is 5.10 Å². The molecule has 0 unspecified atom stereocenters. The number of aromatic nitrogens is 3. The Balaban J connectivity index is 1.92. The molecule has 0 N–H and O–H groups in total. The van der Waals surface area contributed by atoms with Crippen LogP contribution in [0.1, 0.15) is 27.2 Å². The molecule has 5 nitrogen and oxygen atoms in total. The van der Waals surface area contributed by atoms with Crippen LogP contribution in [0.4, 0.5) is 0 Å². The van der Waals surface area contributed by atoms with E-state index >= 15 is 0 Å². The third kappa shape index (κ3) is 2.54. The molecule has 108 valence electrons. The van der Waals surface area contributed by atoms with Gasteiger partial charge in [-0.1, -0.05) is 6.92 Å². The Morgan fingerprint density at radius 2 is 2.14 bits per heavy atom. The summed E-state index contributed by atoms with van der Waals surface area (Å²) in [5.41, 5.74) is 1.07. The van der Waals surface area contributed by atoms with Crippen molar-refractivity contribution in [1.29, 1.82) is 0 Å². The maximum atomic E-state index is 12.3. The first-order chi connectivity index (χ1) is 10.1. The van der Waals surface area contributed by atoms with Crippen LogP contribution in [-0.4, -0.2) is 20.0 Å². The maximum absolute atomic E-state index is 12.3. The molecule has 6 heteroatoms. The van der Waals surface area contributed by atoms with Gasteiger partial charge < -0.3 is 4.57 Å². The number of hydrogen-bond acceptors (Lipinski definition) is 4. The Morgan fingerprint density at radius 1 is 1.33 bits per heavy atom. The van der Waals surface area contributed by atoms with E-state index in [-0.39, 0.29) is 17.9 Å². The number of carbonyl (C=O) groups is 1. The van der Waals surface area contributed by atoms with Gasteiger partial charge in [-0.25, -0.2) is 4.52 Å². The van der Waals surface area contributed by atoms with Crippen molar-refractivity contribution in [2.75, 3.05) is 0 Å². The minimum Gasteiger partial charge on any atom is -0.304 e. The Hall–Kier alpha value is -2.21. The zero-order valence-electron chi connectivity index (χ0n) is 11.9. The molecule has 0 aliphatic carbocycles. The fourth-order valence-corrected chi connectivity index (χ4v) is 3.10. The summed E-state index contributed by atoms with van der Waals surface area (Å²) in [5.74, 6) is -0.0395. The molecule has 3 aromatic heterocycles. The summed E-state index contributed by atoms with van der Waals surface area (Å²) < 4.78 is 2.98. The highest BCUT2D eigenvalue weighted by Crippen LogP contribution is 2.17. The van der Waals surface area contributed by atoms with Crippen LogP contribution >= 0.6 is 11.3 Å². The number of rotatable bonds is 4. The summed E-state index contributed by atoms with van der Waals surface area (Å²) in [4.78, 5) is 26.5. The summed E-state index contributed by atoms with van der Waals surface area (Å²) in [7, 11) is 0. The second-order valence-corrected chi connectivity index (χ2v) is 6.06. The van der Waals surface area contributed by atoms with Gasteiger partial charge in [-0.3, -0.25) is 9.59 Å². The molecule has 21 heavy (non-hydrogen) atoms. The minimum atomic E-state index is -0.196. The van der Waals surface area contributed by atoms with Crippen LogP contribution in [0.3, 0.4) is 0 Å². The van der Waals surface area contributed by atoms with Crippen molar-refractivity contribution in [3.05, 3.63) is 56.4 Å². The zero-order valence-corrected chi connectivity index (χ0v) is 12.7. The number of carbonyl (C=O) groups excluding carboxylic acids is 1. The lowest BCUT2D eigenvalue weighted by Crippen LogP contribution is -2.24. The van der Waals surface area contributed by atoms with E-state index in [4.69, 9.17) is 0 Å². The lowest BCUT2D eigenvalue weighted by Gasteiger charge is -2.04. The molecule has 0 radical (unpaired) electrons. The van der Waals surface area contributed by atoms with Crippen LogP contribution in [0, 0.1) is 6.92 Å². The lowest BCUT2D eigenvalue weighted by atomic mass is 10.3. The molecule has 0 saturated heterocycles. The fourth-order valence-electron chi connectivity index (χ4n) is 2.22. The van der Waals surface area contributed by atoms with Gasteiger partial charge in [0, 0.05) is 17.3 Å². The first-order valence-corrected chi connectivity index (χ1v) is 7.57. The zero-order chi connectivity index (χ0) is 15.0. The molecule has 3 aromatic rings. The molecule has 0 aliphatic heterocycles. The molecule has 0 aliphatic rings. The summed E-state index contributed by atoms with van der Waals surface area (Å²) in [6, 6.07) is 5.52. The van der Waals surface area contributed by atoms with E-state index < -0.39 is 0 Å². The molecular weight excluding hydrogens is 286 g/mol. The van der Waals surface area contributed by atoms with Crippen LogP contribution < -0.4 is 5.56 Å². The standard InChI is InChI=1S/C15H15N3O2S/c1-3-11-4-5-14(21-11)13(19)9-17-6-7-18-12(15(17)20)8-10(2)16-18/h4-8H,3,9H2,1-2H3. The van der Waals surface area contributed by atoms with Crippen molar-refractivity contribution in [1.82, 2.24) is 14.2 Å². The number of Topliss-reactive ketones (excluding diaryl/α,β-unsaturated/α-hetero) is 1. The summed E-state index contributed by atoms with van der Waals surface area (Å²) in [6.07, 6.45) is 4.22. The predicted octanol–water partition coefficient (Wildman–Crippen LogP) is 2.31. The van der Waals surface area contributed by atoms with Crippen LogP contribution in [0.2, 0.25) is 0 Å². The SMILES string of the molecule is CCc1ccc(C(=O)Cn2ccn3nc(C)cc3c2=O)s1. The Morgan fingerprint density at radius 3 is 2.86 bits per heavy atom. The number of aryl methyl sites for hydroxylation is 2. The van der Waals surface area contributed by atoms with E-state index in [2.05, 4.69) is 12.0 Å². The molecule has 0 spiro atoms. The molecule has 3 rings (SSSR count). The molecule has 0 saturated carbocycles. The molecule has 0 amide bonds. The first kappa shape index (κ1) is 13.8. The largest absolute Gasteiger partial charge is 0.304 e. The number of fused-ring (bicyclic) bond motifs is 1. The van der Waals surface area contributed by atoms with Crippen molar-refractivity contribution in [2.24, 2.45) is 0 Å². The Bertz CT molecular complexity index is 873. The van der Waals surface area contributed by atoms with Crippen molar-refractivity contribution < 1.29 is 4.79 Å². The highest BCUT2D eigenvalue weighted by Gasteiger charge is 2.12. The van der Waals surface area contributed by atoms with Gasteiger partial charge in [0.15, 0.2) is 5.78 Å². The second-order valence-electron chi connectivity index (χ2n) is 4.89. The molecular formula is C15H15N3O2S. The van der Waals surface area contributed by atoms with E-state index in [1.807, 2.05) is 19.1 Å². The third-order valence-electron chi connectivity index (χ3n) is 3.32. The third-order valence-corrected chi connectivity index (χ3v) is 4.60. The minimum absolute atomic E-state index is 0.0395. The van der Waals surface area contributed by atoms with Crippen LogP contribution in [-0.2, 0) is 13.0 Å². The average molecular weight is 301 g/mol. The average Bonchev–Trinajstić information content (AvgIpc) is 3.08. The maximum Gasteiger partial charge on any atom is 0.276 e. The summed E-state index contributed by atoms with van der Waals surface area (Å²) >= 11 is 1.49. The monoisotopic (exact) mass is 301 g/mol. The van der Waals surface area contributed by atoms with Crippen molar-refractivity contribution in [2.45, 2.75) is 26.8 Å². The highest BCUT2D eigenvalue weighted by atomic mass is 32.1. The lowest BCUT2D eigenvalue weighted by molar-refractivity contribution is 0.0975. The summed E-state index contributed by atoms with van der Waals surface area (Å²) in [5, 5.41) is 4.19. The highest BCUT2D eigenvalue weighted by molar-refractivity contribution is 7.14.